The van der Waals surface area contributed by atoms with Gasteiger partial charge in [-0.15, -0.1) is 0 Å². The quantitative estimate of drug-likeness (QED) is 0.283. The van der Waals surface area contributed by atoms with Crippen molar-refractivity contribution in [2.24, 2.45) is 46.3 Å². The van der Waals surface area contributed by atoms with Gasteiger partial charge in [-0.1, -0.05) is 79.2 Å². The molecule has 0 bridgehead atoms. The van der Waals surface area contributed by atoms with Crippen LogP contribution >= 0.6 is 0 Å². The molecule has 0 aromatic carbocycles. The molecule has 0 spiro atoms. The fraction of sp³-hybridized carbons (Fsp3) is 0.879. The zero-order valence-electron chi connectivity index (χ0n) is 25.4. The van der Waals surface area contributed by atoms with Crippen LogP contribution < -0.4 is 0 Å². The first-order valence-electron chi connectivity index (χ1n) is 15.3. The van der Waals surface area contributed by atoms with Crippen molar-refractivity contribution in [3.63, 3.8) is 0 Å². The normalized spacial score (nSPS) is 41.0. The molecule has 4 rings (SSSR count). The van der Waals surface area contributed by atoms with Crippen LogP contribution in [-0.2, 0) is 4.43 Å². The molecular formula is C33H58O2Si. The zero-order valence-corrected chi connectivity index (χ0v) is 26.4. The van der Waals surface area contributed by atoms with E-state index in [1.54, 1.807) is 5.57 Å². The van der Waals surface area contributed by atoms with Gasteiger partial charge in [0.15, 0.2) is 8.32 Å². The molecule has 206 valence electrons. The van der Waals surface area contributed by atoms with Crippen LogP contribution in [0.25, 0.3) is 0 Å². The monoisotopic (exact) mass is 514 g/mol. The Morgan fingerprint density at radius 2 is 1.69 bits per heavy atom. The second kappa shape index (κ2) is 9.98. The third kappa shape index (κ3) is 4.99. The van der Waals surface area contributed by atoms with Gasteiger partial charge in [0.2, 0.25) is 0 Å². The predicted octanol–water partition coefficient (Wildman–Crippen LogP) is 9.17. The summed E-state index contributed by atoms with van der Waals surface area (Å²) in [6.07, 6.45) is 17.8. The second-order valence-corrected chi connectivity index (χ2v) is 20.5. The van der Waals surface area contributed by atoms with Gasteiger partial charge in [-0.3, -0.25) is 0 Å². The number of hydrogen-bond donors (Lipinski definition) is 1. The van der Waals surface area contributed by atoms with Crippen LogP contribution in [0.2, 0.25) is 18.1 Å². The van der Waals surface area contributed by atoms with Gasteiger partial charge < -0.3 is 9.53 Å². The van der Waals surface area contributed by atoms with Crippen LogP contribution in [0.4, 0.5) is 0 Å². The Morgan fingerprint density at radius 3 is 2.33 bits per heavy atom. The van der Waals surface area contributed by atoms with E-state index in [2.05, 4.69) is 86.7 Å². The Labute approximate surface area is 224 Å². The van der Waals surface area contributed by atoms with E-state index in [1.807, 2.05) is 0 Å². The number of rotatable bonds is 6. The molecule has 0 saturated heterocycles. The molecule has 2 nitrogen and oxygen atoms in total. The van der Waals surface area contributed by atoms with Gasteiger partial charge in [0, 0.05) is 6.10 Å². The fourth-order valence-corrected chi connectivity index (χ4v) is 10.3. The Bertz CT molecular complexity index is 850. The Morgan fingerprint density at radius 1 is 1.00 bits per heavy atom. The average molecular weight is 515 g/mol. The molecular weight excluding hydrogens is 456 g/mol. The van der Waals surface area contributed by atoms with Gasteiger partial charge >= 0.3 is 0 Å². The Balaban J connectivity index is 1.48. The van der Waals surface area contributed by atoms with Gasteiger partial charge in [0.25, 0.3) is 0 Å². The molecule has 3 saturated carbocycles. The lowest BCUT2D eigenvalue weighted by Crippen LogP contribution is -2.52. The summed E-state index contributed by atoms with van der Waals surface area (Å²) in [7, 11) is -1.72. The van der Waals surface area contributed by atoms with Gasteiger partial charge in [-0.2, -0.15) is 0 Å². The van der Waals surface area contributed by atoms with Gasteiger partial charge in [-0.25, -0.2) is 0 Å². The highest BCUT2D eigenvalue weighted by molar-refractivity contribution is 6.74. The van der Waals surface area contributed by atoms with Gasteiger partial charge in [0.1, 0.15) is 0 Å². The maximum Gasteiger partial charge on any atom is 0.192 e. The molecule has 0 aliphatic heterocycles. The predicted molar refractivity (Wildman–Crippen MR) is 156 cm³/mol. The number of aliphatic hydroxyl groups excluding tert-OH is 1. The lowest BCUT2D eigenvalue weighted by atomic mass is 9.47. The van der Waals surface area contributed by atoms with E-state index in [4.69, 9.17) is 4.43 Å². The number of hydrogen-bond acceptors (Lipinski definition) is 2. The topological polar surface area (TPSA) is 29.5 Å². The third-order valence-electron chi connectivity index (χ3n) is 12.3. The van der Waals surface area contributed by atoms with E-state index in [9.17, 15) is 5.11 Å². The van der Waals surface area contributed by atoms with Crippen molar-refractivity contribution in [1.29, 1.82) is 0 Å². The van der Waals surface area contributed by atoms with Crippen molar-refractivity contribution in [3.8, 4) is 0 Å². The van der Waals surface area contributed by atoms with E-state index < -0.39 is 8.32 Å². The van der Waals surface area contributed by atoms with E-state index >= 15 is 0 Å². The van der Waals surface area contributed by atoms with Gasteiger partial charge in [-0.05, 0) is 116 Å². The Hall–Kier alpha value is -0.383. The van der Waals surface area contributed by atoms with E-state index in [0.717, 1.165) is 23.7 Å². The lowest BCUT2D eigenvalue weighted by Gasteiger charge is -2.59. The first kappa shape index (κ1) is 28.6. The summed E-state index contributed by atoms with van der Waals surface area (Å²) in [6.45, 7) is 23.8. The van der Waals surface area contributed by atoms with Crippen molar-refractivity contribution in [3.05, 3.63) is 23.8 Å². The maximum atomic E-state index is 10.3. The van der Waals surface area contributed by atoms with Crippen molar-refractivity contribution < 1.29 is 9.53 Å². The molecule has 4 aliphatic carbocycles. The molecule has 4 aliphatic rings. The molecule has 0 heterocycles. The summed E-state index contributed by atoms with van der Waals surface area (Å²) in [6, 6.07) is 0. The number of allylic oxidation sites excluding steroid dienone is 2. The Kier molecular flexibility index (Phi) is 7.93. The minimum Gasteiger partial charge on any atom is -0.414 e. The molecule has 0 aromatic rings. The second-order valence-electron chi connectivity index (χ2n) is 15.7. The standard InChI is InChI=1S/C33H58O2Si/c1-22(2)30(34)16-11-23(3)27-14-15-28-26-13-12-24-21-25(35-36(9,10)31(4,5)6)17-19-32(24,7)29(26)18-20-33(27,28)8/h11-12,16,22-23,25-30,34H,13-15,17-21H2,1-10H3/b16-11+/t23-,25+,26+,27-,28+,29+,30-,32+,33-/m1/s1. The summed E-state index contributed by atoms with van der Waals surface area (Å²) in [5.74, 6) is 4.18. The van der Waals surface area contributed by atoms with Crippen molar-refractivity contribution in [2.45, 2.75) is 137 Å². The summed E-state index contributed by atoms with van der Waals surface area (Å²) in [5, 5.41) is 10.6. The smallest absolute Gasteiger partial charge is 0.192 e. The van der Waals surface area contributed by atoms with Crippen LogP contribution in [0.1, 0.15) is 107 Å². The molecule has 9 atom stereocenters. The SMILES string of the molecule is CC(C)[C@H](O)/C=C/[C@@H](C)[C@H]1CC[C@H]2[C@@H]3CC=C4C[C@@H](O[Si](C)(C)C(C)(C)C)CC[C@]4(C)[C@H]3CC[C@]12C. The molecule has 0 aromatic heterocycles. The van der Waals surface area contributed by atoms with Crippen LogP contribution in [0.3, 0.4) is 0 Å². The molecule has 0 radical (unpaired) electrons. The highest BCUT2D eigenvalue weighted by Gasteiger charge is 2.59. The minimum atomic E-state index is -1.72. The molecule has 3 fully saturated rings. The largest absolute Gasteiger partial charge is 0.414 e. The van der Waals surface area contributed by atoms with Crippen LogP contribution in [-0.4, -0.2) is 25.6 Å². The van der Waals surface area contributed by atoms with Crippen LogP contribution in [0, 0.1) is 46.3 Å². The fourth-order valence-electron chi connectivity index (χ4n) is 8.87. The molecule has 0 unspecified atom stereocenters. The van der Waals surface area contributed by atoms with Crippen molar-refractivity contribution in [1.82, 2.24) is 0 Å². The van der Waals surface area contributed by atoms with Gasteiger partial charge in [0.05, 0.1) is 6.10 Å². The number of fused-ring (bicyclic) bond motifs is 5. The van der Waals surface area contributed by atoms with Crippen LogP contribution in [0.15, 0.2) is 23.8 Å². The van der Waals surface area contributed by atoms with Crippen molar-refractivity contribution >= 4 is 8.32 Å². The highest BCUT2D eigenvalue weighted by Crippen LogP contribution is 2.67. The summed E-state index contributed by atoms with van der Waals surface area (Å²) < 4.78 is 6.93. The first-order chi connectivity index (χ1) is 16.6. The third-order valence-corrected chi connectivity index (χ3v) is 16.9. The van der Waals surface area contributed by atoms with E-state index in [-0.39, 0.29) is 11.1 Å². The lowest BCUT2D eigenvalue weighted by molar-refractivity contribution is -0.0532. The molecule has 3 heteroatoms. The van der Waals surface area contributed by atoms with Crippen molar-refractivity contribution in [2.75, 3.05) is 0 Å². The van der Waals surface area contributed by atoms with E-state index in [1.165, 1.54) is 51.4 Å². The first-order valence-corrected chi connectivity index (χ1v) is 18.2. The average Bonchev–Trinajstić information content (AvgIpc) is 3.13. The molecule has 36 heavy (non-hydrogen) atoms. The number of aliphatic hydroxyl groups is 1. The molecule has 1 N–H and O–H groups in total. The summed E-state index contributed by atoms with van der Waals surface area (Å²) >= 11 is 0. The summed E-state index contributed by atoms with van der Waals surface area (Å²) in [4.78, 5) is 0. The minimum absolute atomic E-state index is 0.284. The summed E-state index contributed by atoms with van der Waals surface area (Å²) in [5.41, 5.74) is 2.59. The highest BCUT2D eigenvalue weighted by atomic mass is 28.4. The van der Waals surface area contributed by atoms with E-state index in [0.29, 0.717) is 28.8 Å². The zero-order chi connectivity index (χ0) is 26.7. The maximum absolute atomic E-state index is 10.3. The molecule has 0 amide bonds. The van der Waals surface area contributed by atoms with Crippen LogP contribution in [0.5, 0.6) is 0 Å².